The summed E-state index contributed by atoms with van der Waals surface area (Å²) in [6.07, 6.45) is 0. The van der Waals surface area contributed by atoms with Crippen molar-refractivity contribution in [3.63, 3.8) is 0 Å². The summed E-state index contributed by atoms with van der Waals surface area (Å²) in [6.45, 7) is 0. The first-order chi connectivity index (χ1) is 0. The van der Waals surface area contributed by atoms with Crippen LogP contribution >= 0.6 is 136 Å². The number of hydrogen-bond acceptors (Lipinski definition) is 0. The molecule has 0 spiro atoms. The summed E-state index contributed by atoms with van der Waals surface area (Å²) in [7, 11) is 0. The van der Waals surface area contributed by atoms with Crippen LogP contribution in [-0.2, 0) is 21.1 Å². The minimum absolute atomic E-state index is 0. The van der Waals surface area contributed by atoms with E-state index in [1.54, 1.807) is 0 Å². The van der Waals surface area contributed by atoms with Crippen LogP contribution in [0.4, 0.5) is 0 Å². The second-order valence-corrected chi connectivity index (χ2v) is 0. The van der Waals surface area contributed by atoms with E-state index in [4.69, 9.17) is 0 Å². The molecule has 0 amide bonds. The maximum Gasteiger partial charge on any atom is 0 e. The van der Waals surface area contributed by atoms with Gasteiger partial charge in [0.15, 0.2) is 0 Å². The smallest absolute Gasteiger partial charge is 0 e. The zero-order chi connectivity index (χ0) is 0. The average molecular weight is 585 g/mol. The van der Waals surface area contributed by atoms with Gasteiger partial charge >= 0.3 is 0 Å². The minimum atomic E-state index is 0. The predicted octanol–water partition coefficient (Wildman–Crippen LogP) is 4.64. The molecule has 0 nitrogen and oxygen atoms in total. The molecule has 0 saturated heterocycles. The average Bonchev–Trinajstić information content (AvgIpc) is 0. The van der Waals surface area contributed by atoms with Gasteiger partial charge < -0.3 is 0 Å². The molecule has 0 aliphatic heterocycles. The molecule has 0 saturated carbocycles. The van der Waals surface area contributed by atoms with Gasteiger partial charge in [0.05, 0.1) is 0 Å². The molecule has 0 N–H and O–H groups in total. The first-order valence-corrected chi connectivity index (χ1v) is 0. The van der Waals surface area contributed by atoms with Gasteiger partial charge in [-0.3, -0.25) is 0 Å². The van der Waals surface area contributed by atoms with Crippen LogP contribution in [0.3, 0.4) is 0 Å². The molecule has 0 atom stereocenters. The fourth-order valence-corrected chi connectivity index (χ4v) is 0. The summed E-state index contributed by atoms with van der Waals surface area (Å²) in [6, 6.07) is 0. The van der Waals surface area contributed by atoms with Crippen LogP contribution in [0.2, 0.25) is 0 Å². The molecule has 0 radical (unpaired) electrons. The summed E-state index contributed by atoms with van der Waals surface area (Å²) < 4.78 is 0. The third-order valence-electron chi connectivity index (χ3n) is 0. The molecule has 0 fully saturated rings. The van der Waals surface area contributed by atoms with Crippen molar-refractivity contribution in [1.29, 1.82) is 0 Å². The quantitative estimate of drug-likeness (QED) is 0.389. The Morgan fingerprint density at radius 3 is 0.167 bits per heavy atom. The van der Waals surface area contributed by atoms with Gasteiger partial charge in [0.2, 0.25) is 0 Å². The van der Waals surface area contributed by atoms with Crippen molar-refractivity contribution in [2.45, 2.75) is 0 Å². The van der Waals surface area contributed by atoms with E-state index >= 15 is 0 Å². The van der Waals surface area contributed by atoms with Gasteiger partial charge in [-0.05, 0) is 0 Å². The molecule has 0 aromatic rings. The maximum absolute atomic E-state index is 0. The molecule has 12 heteroatoms. The van der Waals surface area contributed by atoms with E-state index in [0.717, 1.165) is 0 Å². The normalized spacial score (nSPS) is 0. The Balaban J connectivity index is 0. The van der Waals surface area contributed by atoms with Crippen LogP contribution in [0.25, 0.3) is 0 Å². The van der Waals surface area contributed by atoms with Crippen LogP contribution in [0, 0.1) is 0 Å². The third kappa shape index (κ3) is 153. The Hall–Kier alpha value is 3.88. The zero-order valence-corrected chi connectivity index (χ0v) is 16.8. The fraction of sp³-hybridized carbons (Fsp3) is 0. The van der Waals surface area contributed by atoms with E-state index in [1.165, 1.54) is 0 Å². The molecular formula is H11Cl11W. The SMILES string of the molecule is Cl.Cl.Cl.Cl.Cl.Cl.Cl.Cl.Cl.Cl.Cl.[W]. The van der Waals surface area contributed by atoms with Gasteiger partial charge in [-0.2, -0.15) is 0 Å². The summed E-state index contributed by atoms with van der Waals surface area (Å²) in [5.74, 6) is 0. The van der Waals surface area contributed by atoms with Gasteiger partial charge in [-0.1, -0.05) is 0 Å². The Labute approximate surface area is 155 Å². The van der Waals surface area contributed by atoms with E-state index in [9.17, 15) is 0 Å². The first kappa shape index (κ1) is 234. The molecule has 0 aliphatic rings. The summed E-state index contributed by atoms with van der Waals surface area (Å²) >= 11 is 0. The van der Waals surface area contributed by atoms with Crippen LogP contribution in [0.5, 0.6) is 0 Å². The first-order valence-electron chi connectivity index (χ1n) is 0. The maximum atomic E-state index is 0. The number of halogens is 11. The standard InChI is InChI=1S/11ClH.W/h11*1H;. The molecule has 0 aromatic carbocycles. The van der Waals surface area contributed by atoms with Crippen molar-refractivity contribution in [1.82, 2.24) is 0 Å². The van der Waals surface area contributed by atoms with E-state index in [-0.39, 0.29) is 158 Å². The molecular weight excluding hydrogens is 574 g/mol. The zero-order valence-electron chi connectivity index (χ0n) is 4.90. The second kappa shape index (κ2) is 191. The van der Waals surface area contributed by atoms with Gasteiger partial charge in [0.25, 0.3) is 0 Å². The molecule has 0 rings (SSSR count). The monoisotopic (exact) mass is 580 g/mol. The molecule has 0 bridgehead atoms. The Morgan fingerprint density at radius 2 is 0.167 bits per heavy atom. The van der Waals surface area contributed by atoms with Gasteiger partial charge in [0, 0.05) is 21.1 Å². The van der Waals surface area contributed by atoms with Crippen LogP contribution < -0.4 is 0 Å². The number of rotatable bonds is 0. The molecule has 0 heterocycles. The molecule has 0 unspecified atom stereocenters. The third-order valence-corrected chi connectivity index (χ3v) is 0. The Morgan fingerprint density at radius 1 is 0.167 bits per heavy atom. The molecule has 0 aromatic heterocycles. The van der Waals surface area contributed by atoms with Crippen molar-refractivity contribution in [2.75, 3.05) is 0 Å². The second-order valence-electron chi connectivity index (χ2n) is 0. The fourth-order valence-electron chi connectivity index (χ4n) is 0. The Bertz CT molecular complexity index is 4.97. The van der Waals surface area contributed by atoms with E-state index in [0.29, 0.717) is 0 Å². The minimum Gasteiger partial charge on any atom is -0.147 e. The van der Waals surface area contributed by atoms with Crippen LogP contribution in [0.15, 0.2) is 0 Å². The van der Waals surface area contributed by atoms with Crippen molar-refractivity contribution >= 4 is 136 Å². The van der Waals surface area contributed by atoms with Crippen molar-refractivity contribution in [3.8, 4) is 0 Å². The predicted molar refractivity (Wildman–Crippen MR) is 79.7 cm³/mol. The van der Waals surface area contributed by atoms with Crippen molar-refractivity contribution < 1.29 is 21.1 Å². The summed E-state index contributed by atoms with van der Waals surface area (Å²) in [4.78, 5) is 0. The van der Waals surface area contributed by atoms with Gasteiger partial charge in [-0.25, -0.2) is 0 Å². The summed E-state index contributed by atoms with van der Waals surface area (Å²) in [5, 5.41) is 0. The van der Waals surface area contributed by atoms with Crippen LogP contribution in [-0.4, -0.2) is 0 Å². The molecule has 0 aliphatic carbocycles. The van der Waals surface area contributed by atoms with Gasteiger partial charge in [0.1, 0.15) is 0 Å². The topological polar surface area (TPSA) is 0 Å². The van der Waals surface area contributed by atoms with E-state index in [2.05, 4.69) is 0 Å². The van der Waals surface area contributed by atoms with E-state index in [1.807, 2.05) is 0 Å². The molecule has 12 heavy (non-hydrogen) atoms. The van der Waals surface area contributed by atoms with Crippen molar-refractivity contribution in [3.05, 3.63) is 0 Å². The Kier molecular flexibility index (Phi) is 3710. The van der Waals surface area contributed by atoms with Crippen molar-refractivity contribution in [2.24, 2.45) is 0 Å². The largest absolute Gasteiger partial charge is 0.147 e. The van der Waals surface area contributed by atoms with E-state index < -0.39 is 0 Å². The number of hydrogen-bond donors (Lipinski definition) is 0. The summed E-state index contributed by atoms with van der Waals surface area (Å²) in [5.41, 5.74) is 0. The van der Waals surface area contributed by atoms with Gasteiger partial charge in [-0.15, -0.1) is 136 Å². The van der Waals surface area contributed by atoms with Crippen LogP contribution in [0.1, 0.15) is 0 Å². The molecule has 94 valence electrons.